The quantitative estimate of drug-likeness (QED) is 0.698. The van der Waals surface area contributed by atoms with Crippen LogP contribution >= 0.6 is 0 Å². The zero-order valence-corrected chi connectivity index (χ0v) is 13.5. The molecule has 2 nitrogen and oxygen atoms in total. The second kappa shape index (κ2) is 6.32. The lowest BCUT2D eigenvalue weighted by Crippen LogP contribution is -2.49. The highest BCUT2D eigenvalue weighted by atomic mass is 15.2. The van der Waals surface area contributed by atoms with Gasteiger partial charge >= 0.3 is 0 Å². The SMILES string of the molecule is BC1CCC2CCN(C(C)C)/C(=N/C(C)C)C2CC1. The Morgan fingerprint density at radius 3 is 2.37 bits per heavy atom. The molecule has 0 N–H and O–H groups in total. The average Bonchev–Trinajstić information content (AvgIpc) is 2.51. The Bertz CT molecular complexity index is 325. The zero-order valence-electron chi connectivity index (χ0n) is 13.5. The molecule has 0 aromatic carbocycles. The second-order valence-electron chi connectivity index (χ2n) is 7.28. The number of hydrogen-bond donors (Lipinski definition) is 0. The Morgan fingerprint density at radius 1 is 1.05 bits per heavy atom. The Morgan fingerprint density at radius 2 is 1.74 bits per heavy atom. The molecule has 0 radical (unpaired) electrons. The number of rotatable bonds is 2. The van der Waals surface area contributed by atoms with Crippen molar-refractivity contribution >= 4 is 13.7 Å². The van der Waals surface area contributed by atoms with E-state index < -0.39 is 0 Å². The van der Waals surface area contributed by atoms with Crippen molar-refractivity contribution in [2.45, 2.75) is 77.7 Å². The molecular weight excluding hydrogens is 231 g/mol. The van der Waals surface area contributed by atoms with Crippen LogP contribution in [0.2, 0.25) is 5.82 Å². The van der Waals surface area contributed by atoms with Crippen LogP contribution < -0.4 is 0 Å². The minimum atomic E-state index is 0.427. The summed E-state index contributed by atoms with van der Waals surface area (Å²) in [7, 11) is 2.43. The van der Waals surface area contributed by atoms with Crippen LogP contribution in [0.4, 0.5) is 0 Å². The van der Waals surface area contributed by atoms with E-state index in [4.69, 9.17) is 4.99 Å². The number of nitrogens with zero attached hydrogens (tertiary/aromatic N) is 2. The molecule has 1 saturated carbocycles. The summed E-state index contributed by atoms with van der Waals surface area (Å²) < 4.78 is 0. The third-order valence-corrected chi connectivity index (χ3v) is 4.95. The van der Waals surface area contributed by atoms with Gasteiger partial charge in [0.15, 0.2) is 0 Å². The van der Waals surface area contributed by atoms with Crippen LogP contribution in [-0.4, -0.2) is 37.2 Å². The van der Waals surface area contributed by atoms with Gasteiger partial charge in [0.25, 0.3) is 0 Å². The van der Waals surface area contributed by atoms with Crippen LogP contribution in [0, 0.1) is 11.8 Å². The summed E-state index contributed by atoms with van der Waals surface area (Å²) in [5.41, 5.74) is 0. The molecule has 19 heavy (non-hydrogen) atoms. The first-order chi connectivity index (χ1) is 8.99. The predicted molar refractivity (Wildman–Crippen MR) is 86.8 cm³/mol. The van der Waals surface area contributed by atoms with Crippen LogP contribution in [0.25, 0.3) is 0 Å². The third-order valence-electron chi connectivity index (χ3n) is 4.95. The van der Waals surface area contributed by atoms with Crippen LogP contribution in [0.5, 0.6) is 0 Å². The molecule has 0 bridgehead atoms. The van der Waals surface area contributed by atoms with E-state index >= 15 is 0 Å². The fourth-order valence-corrected chi connectivity index (χ4v) is 3.82. The van der Waals surface area contributed by atoms with Gasteiger partial charge in [0.05, 0.1) is 0 Å². The summed E-state index contributed by atoms with van der Waals surface area (Å²) in [5, 5.41) is 0. The number of hydrogen-bond acceptors (Lipinski definition) is 1. The smallest absolute Gasteiger partial charge is 0.105 e. The van der Waals surface area contributed by atoms with Crippen molar-refractivity contribution in [1.29, 1.82) is 0 Å². The molecule has 3 atom stereocenters. The summed E-state index contributed by atoms with van der Waals surface area (Å²) in [5.74, 6) is 4.00. The molecule has 1 saturated heterocycles. The second-order valence-corrected chi connectivity index (χ2v) is 7.28. The Kier molecular flexibility index (Phi) is 4.97. The molecule has 2 aliphatic rings. The molecule has 0 aromatic heterocycles. The summed E-state index contributed by atoms with van der Waals surface area (Å²) in [6.07, 6.45) is 6.99. The molecule has 108 valence electrons. The van der Waals surface area contributed by atoms with E-state index in [2.05, 4.69) is 40.4 Å². The van der Waals surface area contributed by atoms with Gasteiger partial charge in [0.2, 0.25) is 0 Å². The highest BCUT2D eigenvalue weighted by Crippen LogP contribution is 2.39. The number of amidine groups is 1. The fourth-order valence-electron chi connectivity index (χ4n) is 3.82. The highest BCUT2D eigenvalue weighted by molar-refractivity contribution is 6.11. The van der Waals surface area contributed by atoms with Gasteiger partial charge in [0, 0.05) is 24.5 Å². The zero-order chi connectivity index (χ0) is 14.0. The van der Waals surface area contributed by atoms with Crippen molar-refractivity contribution in [2.75, 3.05) is 6.54 Å². The summed E-state index contributed by atoms with van der Waals surface area (Å²) in [4.78, 5) is 7.61. The predicted octanol–water partition coefficient (Wildman–Crippen LogP) is 3.14. The molecule has 0 aromatic rings. The van der Waals surface area contributed by atoms with Crippen molar-refractivity contribution < 1.29 is 0 Å². The van der Waals surface area contributed by atoms with E-state index in [1.54, 1.807) is 0 Å². The maximum absolute atomic E-state index is 5.03. The topological polar surface area (TPSA) is 15.6 Å². The van der Waals surface area contributed by atoms with Crippen molar-refractivity contribution in [3.05, 3.63) is 0 Å². The minimum Gasteiger partial charge on any atom is -0.358 e. The van der Waals surface area contributed by atoms with Gasteiger partial charge in [0.1, 0.15) is 13.7 Å². The fraction of sp³-hybridized carbons (Fsp3) is 0.938. The maximum Gasteiger partial charge on any atom is 0.105 e. The maximum atomic E-state index is 5.03. The van der Waals surface area contributed by atoms with Gasteiger partial charge in [-0.3, -0.25) is 4.99 Å². The molecule has 1 heterocycles. The van der Waals surface area contributed by atoms with Crippen LogP contribution in [0.1, 0.15) is 59.8 Å². The number of aliphatic imine (C=N–C) groups is 1. The van der Waals surface area contributed by atoms with Gasteiger partial charge in [-0.15, -0.1) is 0 Å². The molecule has 2 fully saturated rings. The van der Waals surface area contributed by atoms with E-state index in [0.717, 1.165) is 17.7 Å². The number of piperidine rings is 1. The lowest BCUT2D eigenvalue weighted by Gasteiger charge is -2.43. The minimum absolute atomic E-state index is 0.427. The highest BCUT2D eigenvalue weighted by Gasteiger charge is 2.37. The molecule has 0 amide bonds. The Hall–Kier alpha value is -0.465. The van der Waals surface area contributed by atoms with Crippen LogP contribution in [0.15, 0.2) is 4.99 Å². The van der Waals surface area contributed by atoms with Gasteiger partial charge in [-0.1, -0.05) is 25.1 Å². The third kappa shape index (κ3) is 3.55. The van der Waals surface area contributed by atoms with Crippen LogP contribution in [-0.2, 0) is 0 Å². The normalized spacial score (nSPS) is 34.7. The van der Waals surface area contributed by atoms with E-state index in [1.165, 1.54) is 44.5 Å². The Balaban J connectivity index is 2.23. The van der Waals surface area contributed by atoms with Crippen molar-refractivity contribution in [3.63, 3.8) is 0 Å². The largest absolute Gasteiger partial charge is 0.358 e. The van der Waals surface area contributed by atoms with E-state index in [0.29, 0.717) is 12.1 Å². The standard InChI is InChI=1S/C16H31BN2/c1-11(2)18-16-15-8-7-14(17)6-5-13(15)9-10-19(16)12(3)4/h11-15H,5-10,17H2,1-4H3/b18-16+. The Labute approximate surface area is 120 Å². The number of likely N-dealkylation sites (tertiary alicyclic amines) is 1. The molecule has 1 aliphatic carbocycles. The first-order valence-electron chi connectivity index (χ1n) is 8.33. The van der Waals surface area contributed by atoms with E-state index in [-0.39, 0.29) is 0 Å². The average molecular weight is 262 g/mol. The van der Waals surface area contributed by atoms with Gasteiger partial charge in [-0.2, -0.15) is 0 Å². The van der Waals surface area contributed by atoms with Gasteiger partial charge < -0.3 is 4.90 Å². The van der Waals surface area contributed by atoms with E-state index in [9.17, 15) is 0 Å². The summed E-state index contributed by atoms with van der Waals surface area (Å²) in [6.45, 7) is 10.3. The van der Waals surface area contributed by atoms with Gasteiger partial charge in [-0.05, 0) is 46.5 Å². The lowest BCUT2D eigenvalue weighted by atomic mass is 9.80. The molecule has 2 rings (SSSR count). The molecule has 3 heteroatoms. The van der Waals surface area contributed by atoms with Crippen molar-refractivity contribution in [3.8, 4) is 0 Å². The first kappa shape index (κ1) is 14.9. The molecule has 1 aliphatic heterocycles. The molecule has 0 spiro atoms. The van der Waals surface area contributed by atoms with Crippen LogP contribution in [0.3, 0.4) is 0 Å². The monoisotopic (exact) mass is 262 g/mol. The van der Waals surface area contributed by atoms with Gasteiger partial charge in [-0.25, -0.2) is 0 Å². The van der Waals surface area contributed by atoms with E-state index in [1.807, 2.05) is 0 Å². The molecule has 3 unspecified atom stereocenters. The summed E-state index contributed by atoms with van der Waals surface area (Å²) in [6, 6.07) is 1.02. The molecular formula is C16H31BN2. The lowest BCUT2D eigenvalue weighted by molar-refractivity contribution is 0.216. The van der Waals surface area contributed by atoms with Crippen molar-refractivity contribution in [2.24, 2.45) is 16.8 Å². The van der Waals surface area contributed by atoms with Crippen molar-refractivity contribution in [1.82, 2.24) is 4.90 Å². The summed E-state index contributed by atoms with van der Waals surface area (Å²) >= 11 is 0. The first-order valence-corrected chi connectivity index (χ1v) is 8.33. The number of fused-ring (bicyclic) bond motifs is 1.